The molecule has 0 aromatic carbocycles. The largest absolute Gasteiger partial charge is 0.406 e. The van der Waals surface area contributed by atoms with Gasteiger partial charge in [-0.15, -0.1) is 23.1 Å². The third-order valence-corrected chi connectivity index (χ3v) is 4.60. The van der Waals surface area contributed by atoms with Crippen LogP contribution in [-0.4, -0.2) is 41.4 Å². The molecule has 0 saturated carbocycles. The Morgan fingerprint density at radius 3 is 2.81 bits per heavy atom. The minimum absolute atomic E-state index is 0.0292. The van der Waals surface area contributed by atoms with Crippen molar-refractivity contribution in [1.29, 1.82) is 5.41 Å². The highest BCUT2D eigenvalue weighted by molar-refractivity contribution is 8.02. The summed E-state index contributed by atoms with van der Waals surface area (Å²) < 4.78 is 37.6. The number of guanidine groups is 1. The average molecular weight is 412 g/mol. The lowest BCUT2D eigenvalue weighted by Gasteiger charge is -2.20. The molecule has 0 atom stereocenters. The van der Waals surface area contributed by atoms with Crippen LogP contribution in [0.5, 0.6) is 0 Å². The molecule has 0 saturated heterocycles. The van der Waals surface area contributed by atoms with E-state index in [1.807, 2.05) is 0 Å². The summed E-state index contributed by atoms with van der Waals surface area (Å²) in [5.41, 5.74) is 5.83. The number of rotatable bonds is 10. The van der Waals surface area contributed by atoms with Gasteiger partial charge in [0.05, 0.1) is 10.6 Å². The fourth-order valence-electron chi connectivity index (χ4n) is 1.88. The lowest BCUT2D eigenvalue weighted by Crippen LogP contribution is -2.42. The third kappa shape index (κ3) is 8.38. The van der Waals surface area contributed by atoms with Gasteiger partial charge >= 0.3 is 6.18 Å². The first kappa shape index (κ1) is 22.0. The van der Waals surface area contributed by atoms with E-state index in [0.717, 1.165) is 17.5 Å². The smallest absolute Gasteiger partial charge is 0.375 e. The van der Waals surface area contributed by atoms with E-state index in [-0.39, 0.29) is 5.13 Å². The molecular weight excluding hydrogens is 393 g/mol. The molecular formula is C13H19F3N6O2S2. The zero-order valence-electron chi connectivity index (χ0n) is 13.9. The summed E-state index contributed by atoms with van der Waals surface area (Å²) in [7, 11) is 0. The normalized spacial score (nSPS) is 12.1. The number of nitrogens with one attached hydrogen (secondary N) is 2. The quantitative estimate of drug-likeness (QED) is 0.178. The fourth-order valence-corrected chi connectivity index (χ4v) is 3.19. The Morgan fingerprint density at radius 2 is 2.27 bits per heavy atom. The molecule has 4 N–H and O–H groups in total. The van der Waals surface area contributed by atoms with Crippen LogP contribution < -0.4 is 16.0 Å². The van der Waals surface area contributed by atoms with Crippen LogP contribution in [0.25, 0.3) is 0 Å². The third-order valence-electron chi connectivity index (χ3n) is 3.00. The van der Waals surface area contributed by atoms with E-state index in [9.17, 15) is 23.3 Å². The number of anilines is 1. The number of nitrogens with zero attached hydrogens (tertiary/aromatic N) is 3. The molecule has 0 bridgehead atoms. The Morgan fingerprint density at radius 1 is 1.58 bits per heavy atom. The molecule has 1 heterocycles. The minimum atomic E-state index is -4.49. The predicted molar refractivity (Wildman–Crippen MR) is 97.0 cm³/mol. The number of aryl methyl sites for hydroxylation is 1. The maximum absolute atomic E-state index is 12.5. The first-order chi connectivity index (χ1) is 12.1. The lowest BCUT2D eigenvalue weighted by molar-refractivity contribution is -0.403. The Kier molecular flexibility index (Phi) is 8.65. The van der Waals surface area contributed by atoms with Gasteiger partial charge in [0, 0.05) is 11.9 Å². The summed E-state index contributed by atoms with van der Waals surface area (Å²) in [6, 6.07) is 0. The Balaban J connectivity index is 2.48. The van der Waals surface area contributed by atoms with Crippen molar-refractivity contribution in [2.75, 3.05) is 24.2 Å². The molecule has 0 radical (unpaired) electrons. The molecule has 0 amide bonds. The van der Waals surface area contributed by atoms with Crippen LogP contribution in [0, 0.1) is 15.5 Å². The second kappa shape index (κ2) is 10.2. The van der Waals surface area contributed by atoms with Crippen LogP contribution in [0.15, 0.2) is 16.6 Å². The summed E-state index contributed by atoms with van der Waals surface area (Å²) in [4.78, 5) is 14.6. The number of thiazole rings is 1. The molecule has 26 heavy (non-hydrogen) atoms. The van der Waals surface area contributed by atoms with Gasteiger partial charge in [0.15, 0.2) is 11.1 Å². The van der Waals surface area contributed by atoms with Crippen molar-refractivity contribution in [3.8, 4) is 0 Å². The second-order valence-electron chi connectivity index (χ2n) is 5.07. The van der Waals surface area contributed by atoms with Crippen molar-refractivity contribution in [3.05, 3.63) is 32.4 Å². The molecule has 0 unspecified atom stereocenters. The maximum Gasteiger partial charge on any atom is 0.406 e. The van der Waals surface area contributed by atoms with Crippen molar-refractivity contribution in [2.24, 2.45) is 5.73 Å². The summed E-state index contributed by atoms with van der Waals surface area (Å²) in [5, 5.41) is 22.7. The number of nitro groups is 1. The molecule has 1 rings (SSSR count). The van der Waals surface area contributed by atoms with Crippen molar-refractivity contribution >= 4 is 34.2 Å². The van der Waals surface area contributed by atoms with Crippen LogP contribution in [-0.2, 0) is 6.42 Å². The Hall–Kier alpha value is -2.02. The van der Waals surface area contributed by atoms with E-state index in [2.05, 4.69) is 10.3 Å². The van der Waals surface area contributed by atoms with Crippen molar-refractivity contribution in [3.63, 3.8) is 0 Å². The van der Waals surface area contributed by atoms with E-state index in [0.29, 0.717) is 41.4 Å². The Bertz CT molecular complexity index is 650. The lowest BCUT2D eigenvalue weighted by atomic mass is 10.2. The number of unbranched alkanes of at least 4 members (excludes halogenated alkanes) is 1. The molecule has 0 fully saturated rings. The number of aromatic nitrogens is 1. The van der Waals surface area contributed by atoms with Gasteiger partial charge in [0.2, 0.25) is 0 Å². The van der Waals surface area contributed by atoms with Crippen molar-refractivity contribution < 1.29 is 18.1 Å². The predicted octanol–water partition coefficient (Wildman–Crippen LogP) is 2.76. The summed E-state index contributed by atoms with van der Waals surface area (Å²) in [6.45, 7) is -0.829. The molecule has 13 heteroatoms. The molecule has 1 aromatic rings. The van der Waals surface area contributed by atoms with Gasteiger partial charge in [-0.25, -0.2) is 4.98 Å². The van der Waals surface area contributed by atoms with E-state index >= 15 is 0 Å². The van der Waals surface area contributed by atoms with Gasteiger partial charge in [0.25, 0.3) is 6.20 Å². The van der Waals surface area contributed by atoms with E-state index in [4.69, 9.17) is 11.1 Å². The van der Waals surface area contributed by atoms with Gasteiger partial charge in [-0.2, -0.15) is 13.2 Å². The number of halogens is 3. The van der Waals surface area contributed by atoms with Crippen LogP contribution in [0.3, 0.4) is 0 Å². The molecule has 0 aliphatic heterocycles. The van der Waals surface area contributed by atoms with Gasteiger partial charge in [-0.3, -0.25) is 20.4 Å². The molecule has 8 nitrogen and oxygen atoms in total. The van der Waals surface area contributed by atoms with Crippen LogP contribution in [0.2, 0.25) is 0 Å². The summed E-state index contributed by atoms with van der Waals surface area (Å²) in [5.74, 6) is -0.713. The van der Waals surface area contributed by atoms with Gasteiger partial charge in [-0.1, -0.05) is 0 Å². The monoisotopic (exact) mass is 412 g/mol. The number of nitrogens with two attached hydrogens (primary N) is 1. The van der Waals surface area contributed by atoms with E-state index in [1.54, 1.807) is 11.6 Å². The molecule has 0 spiro atoms. The molecule has 0 aliphatic carbocycles. The first-order valence-corrected chi connectivity index (χ1v) is 9.48. The van der Waals surface area contributed by atoms with Gasteiger partial charge < -0.3 is 11.1 Å². The Labute approximate surface area is 156 Å². The number of alkyl halides is 3. The van der Waals surface area contributed by atoms with Crippen LogP contribution in [0.1, 0.15) is 18.5 Å². The number of thioether (sulfide) groups is 1. The van der Waals surface area contributed by atoms with E-state index in [1.165, 1.54) is 11.8 Å². The van der Waals surface area contributed by atoms with Crippen LogP contribution in [0.4, 0.5) is 18.3 Å². The van der Waals surface area contributed by atoms with Crippen molar-refractivity contribution in [1.82, 2.24) is 10.3 Å². The van der Waals surface area contributed by atoms with E-state index < -0.39 is 23.6 Å². The molecule has 1 aromatic heterocycles. The number of hydrogen-bond donors (Lipinski definition) is 3. The minimum Gasteiger partial charge on any atom is -0.375 e. The highest BCUT2D eigenvalue weighted by Crippen LogP contribution is 2.25. The summed E-state index contributed by atoms with van der Waals surface area (Å²) in [6.07, 6.45) is 0.0886. The second-order valence-corrected chi connectivity index (χ2v) is 6.76. The van der Waals surface area contributed by atoms with Gasteiger partial charge in [0.1, 0.15) is 11.6 Å². The van der Waals surface area contributed by atoms with Crippen LogP contribution >= 0.6 is 23.1 Å². The average Bonchev–Trinajstić information content (AvgIpc) is 2.98. The maximum atomic E-state index is 12.5. The summed E-state index contributed by atoms with van der Waals surface area (Å²) >= 11 is 2.23. The first-order valence-electron chi connectivity index (χ1n) is 7.38. The topological polar surface area (TPSA) is 121 Å². The highest BCUT2D eigenvalue weighted by atomic mass is 32.2. The van der Waals surface area contributed by atoms with Crippen molar-refractivity contribution in [2.45, 2.75) is 25.4 Å². The zero-order valence-corrected chi connectivity index (χ0v) is 15.5. The SMILES string of the molecule is CS/C(=C\[N+](=O)[O-])NCCCCc1csc(N(CC(F)(F)F)C(=N)N)n1. The molecule has 146 valence electrons. The highest BCUT2D eigenvalue weighted by Gasteiger charge is 2.33. The number of hydrogen-bond acceptors (Lipinski definition) is 7. The standard InChI is InChI=1S/C13H19F3N6O2S2/c1-25-10(6-22(23)24)19-5-3-2-4-9-7-26-12(20-9)21(11(17)18)8-13(14,15)16/h6-7,19H,2-5,8H2,1H3,(H3,17,18)/b10-6-. The molecule has 0 aliphatic rings. The fraction of sp³-hybridized carbons (Fsp3) is 0.538. The zero-order chi connectivity index (χ0) is 19.7. The van der Waals surface area contributed by atoms with Gasteiger partial charge in [-0.05, 0) is 25.5 Å².